The molecule has 1 saturated heterocycles. The summed E-state index contributed by atoms with van der Waals surface area (Å²) in [5.74, 6) is -0.833. The fourth-order valence-electron chi connectivity index (χ4n) is 3.46. The molecule has 3 rings (SSSR count). The quantitative estimate of drug-likeness (QED) is 0.519. The first-order chi connectivity index (χ1) is 15.1. The first-order valence-electron chi connectivity index (χ1n) is 10.4. The minimum Gasteiger partial charge on any atom is -0.496 e. The number of nitrogens with one attached hydrogen (secondary N) is 4. The van der Waals surface area contributed by atoms with Gasteiger partial charge in [-0.05, 0) is 18.4 Å². The van der Waals surface area contributed by atoms with E-state index in [1.165, 1.54) is 4.68 Å². The summed E-state index contributed by atoms with van der Waals surface area (Å²) < 4.78 is 6.72. The summed E-state index contributed by atoms with van der Waals surface area (Å²) in [7, 11) is 1.54. The van der Waals surface area contributed by atoms with Gasteiger partial charge in [0, 0.05) is 30.6 Å². The zero-order valence-corrected chi connectivity index (χ0v) is 19.0. The smallest absolute Gasteiger partial charge is 0.314 e. The molecule has 2 atom stereocenters. The second-order valence-corrected chi connectivity index (χ2v) is 8.82. The van der Waals surface area contributed by atoms with E-state index in [2.05, 4.69) is 26.4 Å². The number of hydrogen-bond donors (Lipinski definition) is 4. The number of methoxy groups -OCH3 is 1. The molecule has 2 unspecified atom stereocenters. The van der Waals surface area contributed by atoms with Gasteiger partial charge in [-0.15, -0.1) is 0 Å². The lowest BCUT2D eigenvalue weighted by molar-refractivity contribution is -0.136. The molecule has 0 radical (unpaired) electrons. The van der Waals surface area contributed by atoms with Crippen LogP contribution in [0.5, 0.6) is 5.75 Å². The van der Waals surface area contributed by atoms with Crippen molar-refractivity contribution < 1.29 is 19.1 Å². The highest BCUT2D eigenvalue weighted by atomic mass is 16.5. The largest absolute Gasteiger partial charge is 0.496 e. The van der Waals surface area contributed by atoms with Crippen LogP contribution in [0.4, 0.5) is 5.82 Å². The zero-order valence-electron chi connectivity index (χ0n) is 19.0. The Bertz CT molecular complexity index is 1010. The number of aromatic nitrogens is 2. The maximum atomic E-state index is 12.5. The fourth-order valence-corrected chi connectivity index (χ4v) is 3.46. The minimum atomic E-state index is -0.837. The van der Waals surface area contributed by atoms with Gasteiger partial charge in [-0.1, -0.05) is 39.0 Å². The average molecular weight is 443 g/mol. The number of hydrogen-bond acceptors (Lipinski definition) is 6. The Morgan fingerprint density at radius 3 is 2.66 bits per heavy atom. The molecular formula is C22H30N6O4. The Hall–Kier alpha value is -3.40. The number of carbonyl (C=O) groups is 3. The van der Waals surface area contributed by atoms with Crippen LogP contribution in [0.15, 0.2) is 30.3 Å². The van der Waals surface area contributed by atoms with Crippen molar-refractivity contribution in [3.05, 3.63) is 41.6 Å². The molecule has 0 bridgehead atoms. The lowest BCUT2D eigenvalue weighted by Crippen LogP contribution is -2.57. The number of para-hydroxylation sites is 1. The molecule has 0 spiro atoms. The summed E-state index contributed by atoms with van der Waals surface area (Å²) in [5.41, 5.74) is 1.23. The van der Waals surface area contributed by atoms with Crippen molar-refractivity contribution in [3.63, 3.8) is 0 Å². The Labute approximate surface area is 187 Å². The van der Waals surface area contributed by atoms with Crippen LogP contribution in [0.1, 0.15) is 44.7 Å². The van der Waals surface area contributed by atoms with E-state index in [1.54, 1.807) is 32.2 Å². The monoisotopic (exact) mass is 442 g/mol. The van der Waals surface area contributed by atoms with E-state index >= 15 is 0 Å². The van der Waals surface area contributed by atoms with E-state index in [-0.39, 0.29) is 23.9 Å². The van der Waals surface area contributed by atoms with Gasteiger partial charge in [0.25, 0.3) is 0 Å². The summed E-state index contributed by atoms with van der Waals surface area (Å²) in [5, 5.41) is 15.8. The predicted molar refractivity (Wildman–Crippen MR) is 119 cm³/mol. The highest BCUT2D eigenvalue weighted by Gasteiger charge is 2.35. The molecule has 0 saturated carbocycles. The van der Waals surface area contributed by atoms with Crippen LogP contribution in [-0.4, -0.2) is 40.7 Å². The molecule has 0 aliphatic carbocycles. The molecule has 3 amide bonds. The Morgan fingerprint density at radius 1 is 1.25 bits per heavy atom. The molecule has 1 aromatic carbocycles. The van der Waals surface area contributed by atoms with E-state index in [0.29, 0.717) is 23.7 Å². The van der Waals surface area contributed by atoms with Crippen LogP contribution in [0, 0.1) is 12.3 Å². The summed E-state index contributed by atoms with van der Waals surface area (Å²) in [6, 6.07) is 8.78. The van der Waals surface area contributed by atoms with Crippen LogP contribution >= 0.6 is 0 Å². The van der Waals surface area contributed by atoms with E-state index in [4.69, 9.17) is 4.74 Å². The first kappa shape index (κ1) is 23.3. The van der Waals surface area contributed by atoms with E-state index in [0.717, 1.165) is 5.56 Å². The second kappa shape index (κ2) is 9.39. The number of nitrogens with zero attached hydrogens (tertiary/aromatic N) is 2. The average Bonchev–Trinajstić information content (AvgIpc) is 3.11. The molecule has 10 nitrogen and oxygen atoms in total. The van der Waals surface area contributed by atoms with Crippen LogP contribution in [0.2, 0.25) is 0 Å². The topological polar surface area (TPSA) is 126 Å². The van der Waals surface area contributed by atoms with E-state index in [1.807, 2.05) is 32.9 Å². The summed E-state index contributed by atoms with van der Waals surface area (Å²) in [4.78, 5) is 37.2. The van der Waals surface area contributed by atoms with Gasteiger partial charge in [0.05, 0.1) is 12.8 Å². The normalized spacial score (nSPS) is 18.6. The third-order valence-electron chi connectivity index (χ3n) is 5.27. The van der Waals surface area contributed by atoms with Gasteiger partial charge in [-0.25, -0.2) is 4.68 Å². The van der Waals surface area contributed by atoms with Crippen LogP contribution in [0.25, 0.3) is 0 Å². The van der Waals surface area contributed by atoms with Gasteiger partial charge in [0.1, 0.15) is 11.6 Å². The van der Waals surface area contributed by atoms with Gasteiger partial charge >= 0.3 is 11.8 Å². The Balaban J connectivity index is 1.69. The predicted octanol–water partition coefficient (Wildman–Crippen LogP) is 1.44. The Kier molecular flexibility index (Phi) is 6.83. The highest BCUT2D eigenvalue weighted by molar-refractivity contribution is 6.39. The second-order valence-electron chi connectivity index (χ2n) is 8.82. The van der Waals surface area contributed by atoms with Crippen LogP contribution < -0.4 is 26.0 Å². The van der Waals surface area contributed by atoms with Crippen molar-refractivity contribution in [1.29, 1.82) is 0 Å². The standard InChI is InChI=1S/C22H30N6O4/c1-13-10-17(28(27-13)21-24-16(22(2,3)4)11-18(29)26-21)25-20(31)19(30)23-12-14-8-6-7-9-15(14)32-5/h6-10,16,21,24H,11-12H2,1-5H3,(H,23,30)(H,25,31)(H,26,29). The van der Waals surface area contributed by atoms with Gasteiger partial charge in [-0.3, -0.25) is 19.7 Å². The molecule has 1 fully saturated rings. The number of anilines is 1. The van der Waals surface area contributed by atoms with Gasteiger partial charge in [-0.2, -0.15) is 5.10 Å². The molecule has 1 aliphatic heterocycles. The molecule has 2 aromatic rings. The zero-order chi connectivity index (χ0) is 23.5. The number of carbonyl (C=O) groups excluding carboxylic acids is 3. The van der Waals surface area contributed by atoms with Crippen LogP contribution in [0.3, 0.4) is 0 Å². The molecular weight excluding hydrogens is 412 g/mol. The maximum absolute atomic E-state index is 12.5. The summed E-state index contributed by atoms with van der Waals surface area (Å²) >= 11 is 0. The van der Waals surface area contributed by atoms with Gasteiger partial charge in [0.15, 0.2) is 6.29 Å². The van der Waals surface area contributed by atoms with E-state index in [9.17, 15) is 14.4 Å². The number of amides is 3. The number of aryl methyl sites for hydroxylation is 1. The van der Waals surface area contributed by atoms with Gasteiger partial charge < -0.3 is 20.7 Å². The fraction of sp³-hybridized carbons (Fsp3) is 0.455. The molecule has 10 heteroatoms. The SMILES string of the molecule is COc1ccccc1CNC(=O)C(=O)Nc1cc(C)nn1C1NC(=O)CC(C(C)(C)C)N1. The molecule has 1 aliphatic rings. The van der Waals surface area contributed by atoms with Crippen LogP contribution in [-0.2, 0) is 20.9 Å². The van der Waals surface area contributed by atoms with Crippen molar-refractivity contribution in [3.8, 4) is 5.75 Å². The maximum Gasteiger partial charge on any atom is 0.314 e. The highest BCUT2D eigenvalue weighted by Crippen LogP contribution is 2.27. The molecule has 2 heterocycles. The number of benzene rings is 1. The van der Waals surface area contributed by atoms with Crippen molar-refractivity contribution in [2.45, 2.75) is 53.0 Å². The summed E-state index contributed by atoms with van der Waals surface area (Å²) in [6.07, 6.45) is -0.311. The minimum absolute atomic E-state index is 0.0848. The van der Waals surface area contributed by atoms with E-state index < -0.39 is 18.1 Å². The lowest BCUT2D eigenvalue weighted by atomic mass is 9.84. The van der Waals surface area contributed by atoms with Crippen molar-refractivity contribution in [1.82, 2.24) is 25.7 Å². The first-order valence-corrected chi connectivity index (χ1v) is 10.4. The van der Waals surface area contributed by atoms with Crippen molar-refractivity contribution >= 4 is 23.5 Å². The van der Waals surface area contributed by atoms with Gasteiger partial charge in [0.2, 0.25) is 5.91 Å². The Morgan fingerprint density at radius 2 is 1.97 bits per heavy atom. The third-order valence-corrected chi connectivity index (χ3v) is 5.27. The number of rotatable bonds is 5. The molecule has 1 aromatic heterocycles. The molecule has 172 valence electrons. The van der Waals surface area contributed by atoms with Crippen molar-refractivity contribution in [2.24, 2.45) is 5.41 Å². The molecule has 4 N–H and O–H groups in total. The van der Waals surface area contributed by atoms with Crippen molar-refractivity contribution in [2.75, 3.05) is 12.4 Å². The molecule has 32 heavy (non-hydrogen) atoms. The number of ether oxygens (including phenoxy) is 1. The summed E-state index contributed by atoms with van der Waals surface area (Å²) in [6.45, 7) is 8.04. The third kappa shape index (κ3) is 5.44. The lowest BCUT2D eigenvalue weighted by Gasteiger charge is -2.39.